The number of benzene rings is 2. The average Bonchev–Trinajstić information content (AvgIpc) is 2.72. The minimum Gasteiger partial charge on any atom is -0.487 e. The zero-order valence-electron chi connectivity index (χ0n) is 12.5. The Morgan fingerprint density at radius 3 is 2.76 bits per heavy atom. The highest BCUT2D eigenvalue weighted by Gasteiger charge is 2.34. The summed E-state index contributed by atoms with van der Waals surface area (Å²) in [5, 5.41) is 10.7. The molecule has 21 heavy (non-hydrogen) atoms. The number of ether oxygens (including phenoxy) is 1. The minimum atomic E-state index is -0.422. The Labute approximate surface area is 125 Å². The summed E-state index contributed by atoms with van der Waals surface area (Å²) in [5.41, 5.74) is 4.75. The fraction of sp³-hybridized carbons (Fsp3) is 0.368. The van der Waals surface area contributed by atoms with E-state index in [1.807, 2.05) is 12.1 Å². The van der Waals surface area contributed by atoms with Gasteiger partial charge >= 0.3 is 0 Å². The first kappa shape index (κ1) is 12.9. The second-order valence-corrected chi connectivity index (χ2v) is 6.86. The maximum absolute atomic E-state index is 10.7. The van der Waals surface area contributed by atoms with Crippen molar-refractivity contribution < 1.29 is 9.84 Å². The number of aliphatic hydroxyl groups excluding tert-OH is 1. The van der Waals surface area contributed by atoms with Gasteiger partial charge in [-0.05, 0) is 54.7 Å². The van der Waals surface area contributed by atoms with Gasteiger partial charge in [-0.25, -0.2) is 0 Å². The molecule has 1 heterocycles. The molecule has 1 N–H and O–H groups in total. The van der Waals surface area contributed by atoms with Gasteiger partial charge in [0.1, 0.15) is 11.4 Å². The maximum atomic E-state index is 10.7. The highest BCUT2D eigenvalue weighted by molar-refractivity contribution is 5.46. The lowest BCUT2D eigenvalue weighted by Crippen LogP contribution is -2.24. The predicted molar refractivity (Wildman–Crippen MR) is 82.7 cm³/mol. The summed E-state index contributed by atoms with van der Waals surface area (Å²) in [6, 6.07) is 14.5. The molecule has 2 unspecified atom stereocenters. The average molecular weight is 280 g/mol. The van der Waals surface area contributed by atoms with Gasteiger partial charge in [-0.2, -0.15) is 0 Å². The number of hydrogen-bond donors (Lipinski definition) is 1. The summed E-state index contributed by atoms with van der Waals surface area (Å²) < 4.78 is 5.90. The first-order chi connectivity index (χ1) is 10.0. The molecule has 0 amide bonds. The zero-order valence-corrected chi connectivity index (χ0v) is 12.5. The van der Waals surface area contributed by atoms with Crippen molar-refractivity contribution in [1.29, 1.82) is 0 Å². The van der Waals surface area contributed by atoms with Gasteiger partial charge in [0.05, 0.1) is 6.10 Å². The Hall–Kier alpha value is -1.80. The van der Waals surface area contributed by atoms with Crippen LogP contribution in [-0.2, 0) is 12.8 Å². The van der Waals surface area contributed by atoms with Gasteiger partial charge in [-0.3, -0.25) is 0 Å². The molecule has 2 aromatic rings. The largest absolute Gasteiger partial charge is 0.487 e. The van der Waals surface area contributed by atoms with E-state index in [1.165, 1.54) is 16.7 Å². The number of fused-ring (bicyclic) bond motifs is 2. The highest BCUT2D eigenvalue weighted by atomic mass is 16.5. The summed E-state index contributed by atoms with van der Waals surface area (Å²) >= 11 is 0. The molecule has 2 nitrogen and oxygen atoms in total. The van der Waals surface area contributed by atoms with Crippen molar-refractivity contribution in [3.8, 4) is 5.75 Å². The fourth-order valence-electron chi connectivity index (χ4n) is 3.63. The molecular formula is C19H20O2. The lowest BCUT2D eigenvalue weighted by atomic mass is 9.73. The molecule has 0 saturated heterocycles. The molecule has 1 aliphatic carbocycles. The fourth-order valence-corrected chi connectivity index (χ4v) is 3.63. The van der Waals surface area contributed by atoms with E-state index in [2.05, 4.69) is 44.2 Å². The molecule has 0 bridgehead atoms. The van der Waals surface area contributed by atoms with Gasteiger partial charge in [0.2, 0.25) is 0 Å². The lowest BCUT2D eigenvalue weighted by molar-refractivity contribution is 0.134. The maximum Gasteiger partial charge on any atom is 0.123 e. The number of aliphatic hydroxyl groups is 1. The van der Waals surface area contributed by atoms with Crippen LogP contribution in [0.4, 0.5) is 0 Å². The van der Waals surface area contributed by atoms with Crippen molar-refractivity contribution in [2.24, 2.45) is 0 Å². The Balaban J connectivity index is 1.61. The summed E-state index contributed by atoms with van der Waals surface area (Å²) in [5.74, 6) is 1.19. The third-order valence-corrected chi connectivity index (χ3v) is 4.70. The smallest absolute Gasteiger partial charge is 0.123 e. The monoisotopic (exact) mass is 280 g/mol. The van der Waals surface area contributed by atoms with Gasteiger partial charge in [0.25, 0.3) is 0 Å². The first-order valence-electron chi connectivity index (χ1n) is 7.61. The molecule has 2 aliphatic rings. The van der Waals surface area contributed by atoms with Crippen LogP contribution in [0.25, 0.3) is 0 Å². The van der Waals surface area contributed by atoms with Crippen LogP contribution in [-0.4, -0.2) is 10.7 Å². The molecule has 0 radical (unpaired) electrons. The highest BCUT2D eigenvalue weighted by Crippen LogP contribution is 2.45. The van der Waals surface area contributed by atoms with Crippen LogP contribution < -0.4 is 4.74 Å². The van der Waals surface area contributed by atoms with E-state index < -0.39 is 6.10 Å². The van der Waals surface area contributed by atoms with Crippen LogP contribution in [0.2, 0.25) is 0 Å². The van der Waals surface area contributed by atoms with Crippen molar-refractivity contribution >= 4 is 0 Å². The van der Waals surface area contributed by atoms with E-state index in [0.717, 1.165) is 24.2 Å². The molecule has 0 fully saturated rings. The predicted octanol–water partition coefficient (Wildman–Crippen LogP) is 3.77. The van der Waals surface area contributed by atoms with Crippen molar-refractivity contribution in [3.05, 3.63) is 64.7 Å². The molecule has 0 aromatic heterocycles. The molecule has 0 saturated carbocycles. The van der Waals surface area contributed by atoms with Gasteiger partial charge < -0.3 is 9.84 Å². The second kappa shape index (κ2) is 4.35. The molecule has 2 heteroatoms. The Morgan fingerprint density at radius 2 is 1.95 bits per heavy atom. The first-order valence-corrected chi connectivity index (χ1v) is 7.61. The number of rotatable bonds is 2. The van der Waals surface area contributed by atoms with Gasteiger partial charge in [-0.15, -0.1) is 0 Å². The van der Waals surface area contributed by atoms with E-state index >= 15 is 0 Å². The van der Waals surface area contributed by atoms with E-state index in [1.54, 1.807) is 0 Å². The van der Waals surface area contributed by atoms with E-state index in [0.29, 0.717) is 0 Å². The summed E-state index contributed by atoms with van der Waals surface area (Å²) in [6.45, 7) is 4.20. The van der Waals surface area contributed by atoms with Crippen molar-refractivity contribution in [1.82, 2.24) is 0 Å². The van der Waals surface area contributed by atoms with E-state index in [-0.39, 0.29) is 11.5 Å². The quantitative estimate of drug-likeness (QED) is 0.907. The topological polar surface area (TPSA) is 29.5 Å². The van der Waals surface area contributed by atoms with Gasteiger partial charge in [0.15, 0.2) is 0 Å². The zero-order chi connectivity index (χ0) is 14.6. The van der Waals surface area contributed by atoms with Crippen LogP contribution in [0.3, 0.4) is 0 Å². The van der Waals surface area contributed by atoms with Crippen LogP contribution in [0.1, 0.15) is 48.1 Å². The summed E-state index contributed by atoms with van der Waals surface area (Å²) in [6.07, 6.45) is 1.45. The van der Waals surface area contributed by atoms with Crippen molar-refractivity contribution in [2.75, 3.05) is 0 Å². The third kappa shape index (κ3) is 2.06. The summed E-state index contributed by atoms with van der Waals surface area (Å²) in [4.78, 5) is 0. The lowest BCUT2D eigenvalue weighted by Gasteiger charge is -2.34. The van der Waals surface area contributed by atoms with Gasteiger partial charge in [-0.1, -0.05) is 30.3 Å². The molecule has 4 rings (SSSR count). The Morgan fingerprint density at radius 1 is 1.14 bits per heavy atom. The molecular weight excluding hydrogens is 260 g/mol. The normalized spacial score (nSPS) is 22.7. The van der Waals surface area contributed by atoms with Gasteiger partial charge in [0, 0.05) is 12.3 Å². The molecule has 2 aromatic carbocycles. The standard InChI is InChI=1S/C19H20O2/c1-19(2)11-14-9-13(7-8-17(14)21-19)18(20)16-10-12-5-3-4-6-15(12)16/h3-9,16,18,20H,10-11H2,1-2H3. The van der Waals surface area contributed by atoms with Crippen LogP contribution in [0.5, 0.6) is 5.75 Å². The minimum absolute atomic E-state index is 0.130. The van der Waals surface area contributed by atoms with Crippen molar-refractivity contribution in [2.45, 2.75) is 44.3 Å². The van der Waals surface area contributed by atoms with Crippen LogP contribution in [0.15, 0.2) is 42.5 Å². The molecule has 108 valence electrons. The SMILES string of the molecule is CC1(C)Cc2cc(C(O)C3Cc4ccccc43)ccc2O1. The third-order valence-electron chi connectivity index (χ3n) is 4.70. The Bertz CT molecular complexity index is 702. The number of hydrogen-bond acceptors (Lipinski definition) is 2. The second-order valence-electron chi connectivity index (χ2n) is 6.86. The van der Waals surface area contributed by atoms with Crippen molar-refractivity contribution in [3.63, 3.8) is 0 Å². The van der Waals surface area contributed by atoms with Crippen LogP contribution >= 0.6 is 0 Å². The van der Waals surface area contributed by atoms with E-state index in [4.69, 9.17) is 4.74 Å². The molecule has 0 spiro atoms. The summed E-state index contributed by atoms with van der Waals surface area (Å²) in [7, 11) is 0. The van der Waals surface area contributed by atoms with E-state index in [9.17, 15) is 5.11 Å². The Kier molecular flexibility index (Phi) is 2.67. The molecule has 1 aliphatic heterocycles. The van der Waals surface area contributed by atoms with Crippen LogP contribution in [0, 0.1) is 0 Å². The molecule has 2 atom stereocenters.